The zero-order chi connectivity index (χ0) is 11.4. The van der Waals surface area contributed by atoms with Gasteiger partial charge in [0.1, 0.15) is 0 Å². The van der Waals surface area contributed by atoms with Crippen LogP contribution in [-0.2, 0) is 11.2 Å². The molecule has 4 heteroatoms. The molecule has 1 aromatic heterocycles. The molecule has 0 atom stereocenters. The fourth-order valence-corrected chi connectivity index (χ4v) is 2.15. The predicted molar refractivity (Wildman–Crippen MR) is 64.3 cm³/mol. The van der Waals surface area contributed by atoms with Crippen molar-refractivity contribution in [3.05, 3.63) is 24.0 Å². The van der Waals surface area contributed by atoms with E-state index in [9.17, 15) is 0 Å². The van der Waals surface area contributed by atoms with E-state index < -0.39 is 0 Å². The molecule has 2 heterocycles. The summed E-state index contributed by atoms with van der Waals surface area (Å²) in [4.78, 5) is 5.56. The normalized spacial score (nSPS) is 18.7. The average molecular weight is 223 g/mol. The molecule has 1 aliphatic rings. The summed E-state index contributed by atoms with van der Waals surface area (Å²) in [5, 5.41) is 0. The first-order valence-corrected chi connectivity index (χ1v) is 5.83. The molecule has 0 aromatic carbocycles. The van der Waals surface area contributed by atoms with Gasteiger partial charge in [-0.2, -0.15) is 0 Å². The lowest BCUT2D eigenvalue weighted by Crippen LogP contribution is -2.54. The summed E-state index contributed by atoms with van der Waals surface area (Å²) in [6, 6.07) is 4.16. The summed E-state index contributed by atoms with van der Waals surface area (Å²) in [5.74, 6) is 0. The molecule has 1 saturated heterocycles. The minimum Gasteiger partial charge on any atom is -0.380 e. The van der Waals surface area contributed by atoms with Gasteiger partial charge in [-0.25, -0.2) is 0 Å². The minimum atomic E-state index is 0.213. The first-order chi connectivity index (χ1) is 7.74. The molecule has 16 heavy (non-hydrogen) atoms. The maximum absolute atomic E-state index is 5.79. The zero-order valence-corrected chi connectivity index (χ0v) is 9.91. The van der Waals surface area contributed by atoms with Crippen LogP contribution in [0.15, 0.2) is 18.3 Å². The van der Waals surface area contributed by atoms with E-state index in [0.717, 1.165) is 39.3 Å². The van der Waals surface area contributed by atoms with Crippen LogP contribution in [0.5, 0.6) is 0 Å². The predicted octanol–water partition coefficient (Wildman–Crippen LogP) is 0.464. The fraction of sp³-hybridized carbons (Fsp3) is 0.667. The Morgan fingerprint density at radius 2 is 2.38 bits per heavy atom. The lowest BCUT2D eigenvalue weighted by Gasteiger charge is -2.43. The SMILES string of the molecule is CN(CCc1ccc[nH]1)CC1(CN)COC1. The second kappa shape index (κ2) is 4.99. The molecular formula is C12H21N3O. The number of hydrogen-bond donors (Lipinski definition) is 2. The van der Waals surface area contributed by atoms with Crippen molar-refractivity contribution in [3.63, 3.8) is 0 Å². The van der Waals surface area contributed by atoms with Crippen molar-refractivity contribution in [2.24, 2.45) is 11.1 Å². The topological polar surface area (TPSA) is 54.3 Å². The molecule has 0 aliphatic carbocycles. The maximum Gasteiger partial charge on any atom is 0.0569 e. The number of aromatic amines is 1. The summed E-state index contributed by atoms with van der Waals surface area (Å²) >= 11 is 0. The Bertz CT molecular complexity index is 301. The average Bonchev–Trinajstić information content (AvgIpc) is 2.73. The molecule has 4 nitrogen and oxygen atoms in total. The van der Waals surface area contributed by atoms with Crippen molar-refractivity contribution in [1.82, 2.24) is 9.88 Å². The first-order valence-electron chi connectivity index (χ1n) is 5.83. The van der Waals surface area contributed by atoms with E-state index in [2.05, 4.69) is 23.0 Å². The van der Waals surface area contributed by atoms with E-state index in [1.165, 1.54) is 5.69 Å². The second-order valence-corrected chi connectivity index (χ2v) is 4.88. The Hall–Kier alpha value is -0.840. The number of H-pyrrole nitrogens is 1. The van der Waals surface area contributed by atoms with Gasteiger partial charge in [0.05, 0.1) is 13.2 Å². The largest absolute Gasteiger partial charge is 0.380 e. The number of likely N-dealkylation sites (N-methyl/N-ethyl adjacent to an activating group) is 1. The van der Waals surface area contributed by atoms with Gasteiger partial charge in [0.25, 0.3) is 0 Å². The van der Waals surface area contributed by atoms with Crippen LogP contribution in [0.4, 0.5) is 0 Å². The number of nitrogens with one attached hydrogen (secondary N) is 1. The number of nitrogens with two attached hydrogens (primary N) is 1. The Morgan fingerprint density at radius 1 is 1.56 bits per heavy atom. The Morgan fingerprint density at radius 3 is 2.88 bits per heavy atom. The zero-order valence-electron chi connectivity index (χ0n) is 9.91. The van der Waals surface area contributed by atoms with Gasteiger partial charge >= 0.3 is 0 Å². The number of ether oxygens (including phenoxy) is 1. The van der Waals surface area contributed by atoms with Crippen LogP contribution in [0.2, 0.25) is 0 Å². The third kappa shape index (κ3) is 2.64. The van der Waals surface area contributed by atoms with Gasteiger partial charge in [-0.1, -0.05) is 0 Å². The van der Waals surface area contributed by atoms with Crippen molar-refractivity contribution in [2.75, 3.05) is 39.9 Å². The molecular weight excluding hydrogens is 202 g/mol. The highest BCUT2D eigenvalue weighted by Crippen LogP contribution is 2.26. The number of nitrogens with zero attached hydrogens (tertiary/aromatic N) is 1. The van der Waals surface area contributed by atoms with Crippen molar-refractivity contribution in [3.8, 4) is 0 Å². The smallest absolute Gasteiger partial charge is 0.0569 e. The van der Waals surface area contributed by atoms with Gasteiger partial charge < -0.3 is 20.4 Å². The molecule has 0 unspecified atom stereocenters. The first kappa shape index (κ1) is 11.6. The Kier molecular flexibility index (Phi) is 3.63. The van der Waals surface area contributed by atoms with Crippen LogP contribution in [-0.4, -0.2) is 49.8 Å². The van der Waals surface area contributed by atoms with Crippen LogP contribution in [0, 0.1) is 5.41 Å². The third-order valence-corrected chi connectivity index (χ3v) is 3.28. The number of aromatic nitrogens is 1. The summed E-state index contributed by atoms with van der Waals surface area (Å²) in [7, 11) is 2.15. The molecule has 0 amide bonds. The van der Waals surface area contributed by atoms with Gasteiger partial charge in [0, 0.05) is 43.4 Å². The quantitative estimate of drug-likeness (QED) is 0.737. The molecule has 0 saturated carbocycles. The number of hydrogen-bond acceptors (Lipinski definition) is 3. The Labute approximate surface area is 96.8 Å². The van der Waals surface area contributed by atoms with Crippen LogP contribution in [0.1, 0.15) is 5.69 Å². The fourth-order valence-electron chi connectivity index (χ4n) is 2.15. The van der Waals surface area contributed by atoms with E-state index in [0.29, 0.717) is 0 Å². The van der Waals surface area contributed by atoms with Crippen molar-refractivity contribution in [2.45, 2.75) is 6.42 Å². The van der Waals surface area contributed by atoms with Crippen LogP contribution >= 0.6 is 0 Å². The van der Waals surface area contributed by atoms with Crippen molar-refractivity contribution < 1.29 is 4.74 Å². The van der Waals surface area contributed by atoms with Crippen molar-refractivity contribution >= 4 is 0 Å². The van der Waals surface area contributed by atoms with E-state index >= 15 is 0 Å². The standard InChI is InChI=1S/C12H21N3O/c1-15(6-4-11-3-2-5-14-11)8-12(7-13)9-16-10-12/h2-3,5,14H,4,6-10,13H2,1H3. The monoisotopic (exact) mass is 223 g/mol. The molecule has 1 aliphatic heterocycles. The van der Waals surface area contributed by atoms with Crippen LogP contribution in [0.3, 0.4) is 0 Å². The van der Waals surface area contributed by atoms with E-state index in [-0.39, 0.29) is 5.41 Å². The molecule has 2 rings (SSSR count). The highest BCUT2D eigenvalue weighted by molar-refractivity contribution is 5.04. The van der Waals surface area contributed by atoms with Crippen LogP contribution < -0.4 is 5.73 Å². The second-order valence-electron chi connectivity index (χ2n) is 4.88. The van der Waals surface area contributed by atoms with E-state index in [1.54, 1.807) is 0 Å². The molecule has 0 radical (unpaired) electrons. The van der Waals surface area contributed by atoms with Gasteiger partial charge in [-0.05, 0) is 19.2 Å². The van der Waals surface area contributed by atoms with Gasteiger partial charge in [-0.3, -0.25) is 0 Å². The minimum absolute atomic E-state index is 0.213. The third-order valence-electron chi connectivity index (χ3n) is 3.28. The Balaban J connectivity index is 1.73. The molecule has 3 N–H and O–H groups in total. The lowest BCUT2D eigenvalue weighted by atomic mass is 9.85. The van der Waals surface area contributed by atoms with Crippen molar-refractivity contribution in [1.29, 1.82) is 0 Å². The summed E-state index contributed by atoms with van der Waals surface area (Å²) in [6.45, 7) is 4.44. The highest BCUT2D eigenvalue weighted by atomic mass is 16.5. The highest BCUT2D eigenvalue weighted by Gasteiger charge is 2.37. The molecule has 90 valence electrons. The van der Waals surface area contributed by atoms with E-state index in [4.69, 9.17) is 10.5 Å². The molecule has 1 aromatic rings. The summed E-state index contributed by atoms with van der Waals surface area (Å²) in [6.07, 6.45) is 3.03. The lowest BCUT2D eigenvalue weighted by molar-refractivity contribution is -0.117. The number of rotatable bonds is 6. The summed E-state index contributed by atoms with van der Waals surface area (Å²) < 4.78 is 5.27. The molecule has 1 fully saturated rings. The van der Waals surface area contributed by atoms with Gasteiger partial charge in [0.2, 0.25) is 0 Å². The molecule has 0 spiro atoms. The maximum atomic E-state index is 5.79. The molecule has 0 bridgehead atoms. The van der Waals surface area contributed by atoms with E-state index in [1.807, 2.05) is 12.3 Å². The van der Waals surface area contributed by atoms with Crippen LogP contribution in [0.25, 0.3) is 0 Å². The summed E-state index contributed by atoms with van der Waals surface area (Å²) in [5.41, 5.74) is 7.30. The van der Waals surface area contributed by atoms with Gasteiger partial charge in [0.15, 0.2) is 0 Å². The van der Waals surface area contributed by atoms with Gasteiger partial charge in [-0.15, -0.1) is 0 Å².